The van der Waals surface area contributed by atoms with Crippen LogP contribution in [0.3, 0.4) is 0 Å². The number of rotatable bonds is 2. The van der Waals surface area contributed by atoms with Crippen LogP contribution in [0.25, 0.3) is 54.7 Å². The van der Waals surface area contributed by atoms with E-state index in [2.05, 4.69) is 46.1 Å². The molecule has 0 spiro atoms. The van der Waals surface area contributed by atoms with Gasteiger partial charge in [0.2, 0.25) is 5.71 Å². The van der Waals surface area contributed by atoms with Crippen molar-refractivity contribution in [2.75, 3.05) is 0 Å². The minimum atomic E-state index is -2.27. The van der Waals surface area contributed by atoms with Crippen LogP contribution in [0.4, 0.5) is 0 Å². The number of aryl methyl sites for hydroxylation is 3. The molecule has 0 unspecified atom stereocenters. The molecule has 7 aromatic rings. The molecule has 5 aromatic heterocycles. The van der Waals surface area contributed by atoms with Crippen LogP contribution >= 0.6 is 11.3 Å². The molecular formula is C32H23IrN3OS-2. The van der Waals surface area contributed by atoms with Crippen molar-refractivity contribution < 1.29 is 28.6 Å². The topological polar surface area (TPSA) is 51.8 Å². The summed E-state index contributed by atoms with van der Waals surface area (Å²) in [5, 5.41) is 2.78. The fourth-order valence-electron chi connectivity index (χ4n) is 4.25. The Morgan fingerprint density at radius 3 is 2.63 bits per heavy atom. The summed E-state index contributed by atoms with van der Waals surface area (Å²) in [6.45, 7) is 1.83. The number of fused-ring (bicyclic) bond motifs is 4. The Hall–Kier alpha value is -3.70. The summed E-state index contributed by atoms with van der Waals surface area (Å²) in [7, 11) is 0. The fourth-order valence-corrected chi connectivity index (χ4v) is 5.25. The van der Waals surface area contributed by atoms with E-state index < -0.39 is 6.85 Å². The van der Waals surface area contributed by atoms with Gasteiger partial charge in [-0.3, -0.25) is 0 Å². The number of furan rings is 1. The van der Waals surface area contributed by atoms with Gasteiger partial charge in [0.15, 0.2) is 0 Å². The van der Waals surface area contributed by atoms with Gasteiger partial charge in [0.1, 0.15) is 0 Å². The van der Waals surface area contributed by atoms with Gasteiger partial charge in [-0.15, -0.1) is 65.4 Å². The van der Waals surface area contributed by atoms with Crippen molar-refractivity contribution in [3.05, 3.63) is 113 Å². The standard InChI is InChI=1S/C20H13N2OS.C12H10N.Ir/c1-11-6-7-15-14-4-3-5-16(18(14)23-20(15)22-11)17-19-13(8-9-21-17)10-12(2)24-19;1-10-7-8-12(13-9-10)11-5-3-2-4-6-11;/h3-4,6-10H,1-2H3;2-5,7-9H,1H3;/q2*-1;/i1D3;;. The normalized spacial score (nSPS) is 12.3. The maximum Gasteiger partial charge on any atom is 0.216 e. The molecule has 0 bridgehead atoms. The zero-order valence-electron chi connectivity index (χ0n) is 23.6. The van der Waals surface area contributed by atoms with Crippen LogP contribution in [-0.2, 0) is 20.1 Å². The first-order valence-corrected chi connectivity index (χ1v) is 12.6. The van der Waals surface area contributed by atoms with Crippen molar-refractivity contribution in [3.8, 4) is 22.5 Å². The summed E-state index contributed by atoms with van der Waals surface area (Å²) in [6, 6.07) is 29.5. The average molecular weight is 693 g/mol. The Morgan fingerprint density at radius 2 is 1.84 bits per heavy atom. The van der Waals surface area contributed by atoms with Crippen LogP contribution in [-0.4, -0.2) is 15.0 Å². The van der Waals surface area contributed by atoms with E-state index in [4.69, 9.17) is 8.53 Å². The van der Waals surface area contributed by atoms with Crippen LogP contribution in [0.2, 0.25) is 0 Å². The van der Waals surface area contributed by atoms with Gasteiger partial charge in [-0.05, 0) is 61.6 Å². The summed E-state index contributed by atoms with van der Waals surface area (Å²) in [6.07, 6.45) is 3.65. The third-order valence-electron chi connectivity index (χ3n) is 5.99. The number of pyridine rings is 3. The largest absolute Gasteiger partial charge is 0.486 e. The van der Waals surface area contributed by atoms with Crippen LogP contribution in [0.15, 0.2) is 89.6 Å². The molecule has 6 heteroatoms. The first-order chi connectivity index (χ1) is 19.3. The molecule has 189 valence electrons. The maximum absolute atomic E-state index is 7.57. The zero-order chi connectivity index (χ0) is 27.9. The van der Waals surface area contributed by atoms with E-state index in [1.807, 2.05) is 61.7 Å². The van der Waals surface area contributed by atoms with Gasteiger partial charge in [0.25, 0.3) is 0 Å². The van der Waals surface area contributed by atoms with Crippen LogP contribution < -0.4 is 0 Å². The van der Waals surface area contributed by atoms with Gasteiger partial charge in [0, 0.05) is 63.0 Å². The zero-order valence-corrected chi connectivity index (χ0v) is 23.8. The van der Waals surface area contributed by atoms with Crippen LogP contribution in [0, 0.1) is 32.8 Å². The van der Waals surface area contributed by atoms with E-state index in [9.17, 15) is 0 Å². The summed E-state index contributed by atoms with van der Waals surface area (Å²) < 4.78 is 29.8. The molecule has 7 rings (SSSR count). The van der Waals surface area contributed by atoms with Gasteiger partial charge in [-0.25, -0.2) is 4.98 Å². The smallest absolute Gasteiger partial charge is 0.216 e. The number of thiophene rings is 1. The summed E-state index contributed by atoms with van der Waals surface area (Å²) in [4.78, 5) is 14.3. The van der Waals surface area contributed by atoms with E-state index in [1.54, 1.807) is 23.6 Å². The molecule has 38 heavy (non-hydrogen) atoms. The molecule has 0 fully saturated rings. The van der Waals surface area contributed by atoms with Crippen molar-refractivity contribution in [2.24, 2.45) is 0 Å². The molecule has 0 saturated carbocycles. The van der Waals surface area contributed by atoms with Gasteiger partial charge in [-0.1, -0.05) is 23.1 Å². The van der Waals surface area contributed by atoms with Crippen molar-refractivity contribution in [1.82, 2.24) is 15.0 Å². The van der Waals surface area contributed by atoms with Crippen molar-refractivity contribution in [1.29, 1.82) is 0 Å². The number of hydrogen-bond donors (Lipinski definition) is 0. The third kappa shape index (κ3) is 5.03. The molecule has 0 aliphatic rings. The maximum atomic E-state index is 7.57. The molecule has 0 N–H and O–H groups in total. The quantitative estimate of drug-likeness (QED) is 0.171. The second-order valence-corrected chi connectivity index (χ2v) is 9.94. The SMILES string of the molecule is Cc1ccc(-c2[c-]cccc2)nc1.[2H]C([2H])([2H])c1ccc2c(n1)oc1c(-c3nccc4cc(C)sc34)[c-]ccc12.[Ir]. The number of aromatic nitrogens is 3. The molecular weight excluding hydrogens is 667 g/mol. The van der Waals surface area contributed by atoms with Gasteiger partial charge in [-0.2, -0.15) is 0 Å². The molecule has 4 nitrogen and oxygen atoms in total. The Morgan fingerprint density at radius 1 is 0.921 bits per heavy atom. The Labute approximate surface area is 243 Å². The van der Waals surface area contributed by atoms with Gasteiger partial charge >= 0.3 is 0 Å². The molecule has 5 heterocycles. The first-order valence-electron chi connectivity index (χ1n) is 13.3. The number of hydrogen-bond acceptors (Lipinski definition) is 5. The molecule has 0 aliphatic carbocycles. The molecule has 1 radical (unpaired) electrons. The second kappa shape index (κ2) is 11.0. The van der Waals surface area contributed by atoms with Crippen molar-refractivity contribution >= 4 is 43.5 Å². The predicted octanol–water partition coefficient (Wildman–Crippen LogP) is 8.53. The Kier molecular flexibility index (Phi) is 6.43. The molecule has 0 amide bonds. The van der Waals surface area contributed by atoms with Gasteiger partial charge < -0.3 is 14.4 Å². The Bertz CT molecular complexity index is 1970. The van der Waals surface area contributed by atoms with Gasteiger partial charge in [0.05, 0.1) is 5.58 Å². The molecule has 0 atom stereocenters. The minimum Gasteiger partial charge on any atom is -0.486 e. The van der Waals surface area contributed by atoms with Crippen LogP contribution in [0.5, 0.6) is 0 Å². The predicted molar refractivity (Wildman–Crippen MR) is 152 cm³/mol. The van der Waals surface area contributed by atoms with Crippen LogP contribution in [0.1, 0.15) is 20.2 Å². The van der Waals surface area contributed by atoms with E-state index in [1.165, 1.54) is 16.5 Å². The molecule has 2 aromatic carbocycles. The van der Waals surface area contributed by atoms with E-state index in [0.29, 0.717) is 11.3 Å². The first kappa shape index (κ1) is 22.3. The third-order valence-corrected chi connectivity index (χ3v) is 7.06. The number of nitrogens with zero attached hydrogens (tertiary/aromatic N) is 3. The Balaban J connectivity index is 0.000000204. The van der Waals surface area contributed by atoms with Crippen molar-refractivity contribution in [3.63, 3.8) is 0 Å². The monoisotopic (exact) mass is 693 g/mol. The summed E-state index contributed by atoms with van der Waals surface area (Å²) in [5.74, 6) is 0. The second-order valence-electron chi connectivity index (χ2n) is 8.68. The average Bonchev–Trinajstić information content (AvgIpc) is 3.53. The van der Waals surface area contributed by atoms with E-state index in [0.717, 1.165) is 43.4 Å². The number of benzene rings is 2. The van der Waals surface area contributed by atoms with E-state index in [-0.39, 0.29) is 25.8 Å². The summed E-state index contributed by atoms with van der Waals surface area (Å²) in [5.41, 5.74) is 5.73. The summed E-state index contributed by atoms with van der Waals surface area (Å²) >= 11 is 1.68. The van der Waals surface area contributed by atoms with Crippen molar-refractivity contribution in [2.45, 2.75) is 20.7 Å². The molecule has 0 aliphatic heterocycles. The van der Waals surface area contributed by atoms with E-state index >= 15 is 0 Å². The molecule has 0 saturated heterocycles. The minimum absolute atomic E-state index is 0. The fraction of sp³-hybridized carbons (Fsp3) is 0.0938.